The smallest absolute Gasteiger partial charge is 0.228 e. The Kier molecular flexibility index (Phi) is 6.67. The van der Waals surface area contributed by atoms with E-state index in [-0.39, 0.29) is 11.8 Å². The van der Waals surface area contributed by atoms with Gasteiger partial charge in [-0.2, -0.15) is 0 Å². The summed E-state index contributed by atoms with van der Waals surface area (Å²) in [5.74, 6) is 1.23. The number of hydrogen-bond acceptors (Lipinski definition) is 3. The van der Waals surface area contributed by atoms with E-state index in [4.69, 9.17) is 16.3 Å². The van der Waals surface area contributed by atoms with E-state index in [1.807, 2.05) is 36.4 Å². The van der Waals surface area contributed by atoms with Crippen LogP contribution < -0.4 is 10.1 Å². The maximum atomic E-state index is 13.0. The van der Waals surface area contributed by atoms with Crippen molar-refractivity contribution >= 4 is 23.2 Å². The van der Waals surface area contributed by atoms with Gasteiger partial charge in [-0.1, -0.05) is 60.1 Å². The summed E-state index contributed by atoms with van der Waals surface area (Å²) in [5, 5.41) is 3.61. The molecule has 1 aliphatic heterocycles. The Morgan fingerprint density at radius 1 is 1.03 bits per heavy atom. The fourth-order valence-electron chi connectivity index (χ4n) is 3.79. The van der Waals surface area contributed by atoms with Gasteiger partial charge in [0.1, 0.15) is 5.75 Å². The Hall–Kier alpha value is -2.82. The van der Waals surface area contributed by atoms with Crippen LogP contribution >= 0.6 is 11.6 Å². The molecule has 0 spiro atoms. The van der Waals surface area contributed by atoms with Crippen molar-refractivity contribution in [3.8, 4) is 11.5 Å². The van der Waals surface area contributed by atoms with Crippen molar-refractivity contribution < 1.29 is 9.53 Å². The number of nitrogens with zero attached hydrogens (tertiary/aromatic N) is 1. The van der Waals surface area contributed by atoms with Gasteiger partial charge in [-0.15, -0.1) is 0 Å². The fourth-order valence-corrected chi connectivity index (χ4v) is 3.97. The normalized spacial score (nSPS) is 16.8. The number of amides is 1. The highest BCUT2D eigenvalue weighted by Crippen LogP contribution is 2.33. The zero-order chi connectivity index (χ0) is 20.8. The minimum absolute atomic E-state index is 0.00735. The van der Waals surface area contributed by atoms with Crippen molar-refractivity contribution in [2.24, 2.45) is 5.92 Å². The molecule has 5 heteroatoms. The number of hydrogen-bond donors (Lipinski definition) is 1. The van der Waals surface area contributed by atoms with E-state index in [0.29, 0.717) is 22.2 Å². The highest BCUT2D eigenvalue weighted by atomic mass is 35.5. The lowest BCUT2D eigenvalue weighted by Crippen LogP contribution is -2.40. The molecule has 154 valence electrons. The van der Waals surface area contributed by atoms with E-state index in [0.717, 1.165) is 32.5 Å². The monoisotopic (exact) mass is 420 g/mol. The second-order valence-electron chi connectivity index (χ2n) is 7.60. The van der Waals surface area contributed by atoms with Gasteiger partial charge >= 0.3 is 0 Å². The topological polar surface area (TPSA) is 41.6 Å². The highest BCUT2D eigenvalue weighted by Gasteiger charge is 2.26. The number of para-hydroxylation sites is 1. The molecule has 4 nitrogen and oxygen atoms in total. The maximum absolute atomic E-state index is 13.0. The minimum Gasteiger partial charge on any atom is -0.455 e. The number of carbonyl (C=O) groups is 1. The molecule has 3 aromatic carbocycles. The van der Waals surface area contributed by atoms with Gasteiger partial charge in [-0.3, -0.25) is 9.69 Å². The van der Waals surface area contributed by atoms with Gasteiger partial charge in [-0.05, 0) is 55.3 Å². The molecule has 1 aliphatic rings. The molecule has 1 saturated heterocycles. The van der Waals surface area contributed by atoms with Gasteiger partial charge in [0, 0.05) is 18.1 Å². The van der Waals surface area contributed by atoms with Crippen molar-refractivity contribution in [2.75, 3.05) is 18.4 Å². The Balaban J connectivity index is 1.43. The Bertz CT molecular complexity index is 979. The number of nitrogens with one attached hydrogen (secondary N) is 1. The summed E-state index contributed by atoms with van der Waals surface area (Å²) >= 11 is 6.19. The first kappa shape index (κ1) is 20.5. The maximum Gasteiger partial charge on any atom is 0.228 e. The number of benzene rings is 3. The molecule has 1 fully saturated rings. The minimum atomic E-state index is -0.0639. The molecule has 0 saturated carbocycles. The molecule has 30 heavy (non-hydrogen) atoms. The van der Waals surface area contributed by atoms with Crippen molar-refractivity contribution in [3.05, 3.63) is 89.4 Å². The van der Waals surface area contributed by atoms with Crippen LogP contribution in [0.25, 0.3) is 0 Å². The summed E-state index contributed by atoms with van der Waals surface area (Å²) in [5.41, 5.74) is 1.86. The molecule has 0 radical (unpaired) electrons. The predicted octanol–water partition coefficient (Wildman–Crippen LogP) is 5.98. The average Bonchev–Trinajstić information content (AvgIpc) is 2.77. The summed E-state index contributed by atoms with van der Waals surface area (Å²) in [6.07, 6.45) is 1.89. The predicted molar refractivity (Wildman–Crippen MR) is 121 cm³/mol. The summed E-state index contributed by atoms with van der Waals surface area (Å²) in [7, 11) is 0. The highest BCUT2D eigenvalue weighted by molar-refractivity contribution is 6.31. The van der Waals surface area contributed by atoms with Crippen molar-refractivity contribution in [2.45, 2.75) is 19.4 Å². The van der Waals surface area contributed by atoms with Crippen LogP contribution in [0.15, 0.2) is 78.9 Å². The number of ether oxygens (including phenoxy) is 1. The molecular weight excluding hydrogens is 396 g/mol. The van der Waals surface area contributed by atoms with Crippen LogP contribution in [0, 0.1) is 5.92 Å². The third kappa shape index (κ3) is 5.41. The summed E-state index contributed by atoms with van der Waals surface area (Å²) < 4.78 is 5.97. The molecule has 1 N–H and O–H groups in total. The number of halogens is 1. The third-order valence-electron chi connectivity index (χ3n) is 5.30. The van der Waals surface area contributed by atoms with E-state index >= 15 is 0 Å². The summed E-state index contributed by atoms with van der Waals surface area (Å²) in [6, 6.07) is 25.2. The summed E-state index contributed by atoms with van der Waals surface area (Å²) in [4.78, 5) is 15.4. The molecule has 3 aromatic rings. The molecule has 0 aromatic heterocycles. The van der Waals surface area contributed by atoms with Gasteiger partial charge in [0.2, 0.25) is 5.91 Å². The van der Waals surface area contributed by atoms with Crippen molar-refractivity contribution in [1.82, 2.24) is 4.90 Å². The standard InChI is InChI=1S/C25H25ClN2O2/c26-21-13-14-24(30-22-11-5-2-6-12-22)23(16-21)27-25(29)20-10-7-15-28(18-20)17-19-8-3-1-4-9-19/h1-6,8-9,11-14,16,20H,7,10,15,17-18H2,(H,27,29)/t20-/m0/s1. The van der Waals surface area contributed by atoms with Gasteiger partial charge in [0.15, 0.2) is 5.75 Å². The zero-order valence-electron chi connectivity index (χ0n) is 16.8. The van der Waals surface area contributed by atoms with E-state index < -0.39 is 0 Å². The van der Waals surface area contributed by atoms with Crippen molar-refractivity contribution in [1.29, 1.82) is 0 Å². The second-order valence-corrected chi connectivity index (χ2v) is 8.04. The van der Waals surface area contributed by atoms with Crippen LogP contribution in [0.1, 0.15) is 18.4 Å². The van der Waals surface area contributed by atoms with Crippen LogP contribution in [-0.4, -0.2) is 23.9 Å². The molecule has 4 rings (SSSR count). The van der Waals surface area contributed by atoms with Gasteiger partial charge in [0.05, 0.1) is 11.6 Å². The third-order valence-corrected chi connectivity index (χ3v) is 5.53. The van der Waals surface area contributed by atoms with E-state index in [1.54, 1.807) is 18.2 Å². The van der Waals surface area contributed by atoms with Gasteiger partial charge in [-0.25, -0.2) is 0 Å². The first-order chi connectivity index (χ1) is 14.7. The Morgan fingerprint density at radius 3 is 2.53 bits per heavy atom. The molecule has 0 bridgehead atoms. The number of carbonyl (C=O) groups excluding carboxylic acids is 1. The number of piperidine rings is 1. The van der Waals surface area contributed by atoms with E-state index in [2.05, 4.69) is 34.5 Å². The van der Waals surface area contributed by atoms with Crippen LogP contribution in [0.4, 0.5) is 5.69 Å². The van der Waals surface area contributed by atoms with Crippen molar-refractivity contribution in [3.63, 3.8) is 0 Å². The lowest BCUT2D eigenvalue weighted by atomic mass is 9.96. The number of rotatable bonds is 6. The lowest BCUT2D eigenvalue weighted by Gasteiger charge is -2.32. The Labute approximate surface area is 182 Å². The summed E-state index contributed by atoms with van der Waals surface area (Å²) in [6.45, 7) is 2.62. The largest absolute Gasteiger partial charge is 0.455 e. The van der Waals surface area contributed by atoms with Crippen LogP contribution in [0.2, 0.25) is 5.02 Å². The molecule has 1 atom stereocenters. The SMILES string of the molecule is O=C(Nc1cc(Cl)ccc1Oc1ccccc1)[C@H]1CCCN(Cc2ccccc2)C1. The molecule has 0 aliphatic carbocycles. The number of likely N-dealkylation sites (tertiary alicyclic amines) is 1. The first-order valence-corrected chi connectivity index (χ1v) is 10.6. The zero-order valence-corrected chi connectivity index (χ0v) is 17.5. The molecule has 1 amide bonds. The molecular formula is C25H25ClN2O2. The Morgan fingerprint density at radius 2 is 1.77 bits per heavy atom. The van der Waals surface area contributed by atoms with Crippen LogP contribution in [0.3, 0.4) is 0 Å². The lowest BCUT2D eigenvalue weighted by molar-refractivity contribution is -0.121. The second kappa shape index (κ2) is 9.79. The van der Waals surface area contributed by atoms with E-state index in [9.17, 15) is 4.79 Å². The van der Waals surface area contributed by atoms with E-state index in [1.165, 1.54) is 5.56 Å². The van der Waals surface area contributed by atoms with Gasteiger partial charge in [0.25, 0.3) is 0 Å². The molecule has 0 unspecified atom stereocenters. The first-order valence-electron chi connectivity index (χ1n) is 10.3. The molecule has 1 heterocycles. The number of anilines is 1. The van der Waals surface area contributed by atoms with Crippen LogP contribution in [-0.2, 0) is 11.3 Å². The van der Waals surface area contributed by atoms with Crippen LogP contribution in [0.5, 0.6) is 11.5 Å². The quantitative estimate of drug-likeness (QED) is 0.533. The fraction of sp³-hybridized carbons (Fsp3) is 0.240. The average molecular weight is 421 g/mol. The van der Waals surface area contributed by atoms with Gasteiger partial charge < -0.3 is 10.1 Å².